The molecule has 0 aromatic carbocycles. The molecule has 1 aromatic heterocycles. The summed E-state index contributed by atoms with van der Waals surface area (Å²) in [6.45, 7) is 9.74. The van der Waals surface area contributed by atoms with Crippen LogP contribution in [0.3, 0.4) is 0 Å². The van der Waals surface area contributed by atoms with Crippen LogP contribution in [0.2, 0.25) is 10.0 Å². The van der Waals surface area contributed by atoms with Crippen molar-refractivity contribution >= 4 is 34.8 Å². The molecule has 1 N–H and O–H groups in total. The Morgan fingerprint density at radius 1 is 1.20 bits per heavy atom. The van der Waals surface area contributed by atoms with Gasteiger partial charge in [-0.15, -0.1) is 0 Å². The van der Waals surface area contributed by atoms with Crippen molar-refractivity contribution in [1.82, 2.24) is 4.98 Å². The van der Waals surface area contributed by atoms with Crippen LogP contribution in [0, 0.1) is 5.92 Å². The highest BCUT2D eigenvalue weighted by Gasteiger charge is 2.22. The molecule has 0 unspecified atom stereocenters. The van der Waals surface area contributed by atoms with Crippen LogP contribution in [0.15, 0.2) is 6.07 Å². The van der Waals surface area contributed by atoms with Crippen LogP contribution in [-0.2, 0) is 0 Å². The number of nitrogens with zero attached hydrogens (tertiary/aromatic N) is 2. The van der Waals surface area contributed by atoms with E-state index in [0.717, 1.165) is 25.2 Å². The second-order valence-corrected chi connectivity index (χ2v) is 6.21. The molecule has 0 radical (unpaired) electrons. The molecule has 1 heterocycles. The summed E-state index contributed by atoms with van der Waals surface area (Å²) in [7, 11) is 1.82. The number of hydrogen-bond donors (Lipinski definition) is 1. The Kier molecular flexibility index (Phi) is 6.90. The second kappa shape index (κ2) is 7.94. The maximum Gasteiger partial charge on any atom is 0.150 e. The van der Waals surface area contributed by atoms with Gasteiger partial charge in [0.05, 0.1) is 10.0 Å². The maximum atomic E-state index is 6.38. The minimum absolute atomic E-state index is 0.438. The van der Waals surface area contributed by atoms with Gasteiger partial charge in [-0.1, -0.05) is 50.9 Å². The largest absolute Gasteiger partial charge is 0.372 e. The fourth-order valence-corrected chi connectivity index (χ4v) is 2.93. The zero-order valence-corrected chi connectivity index (χ0v) is 14.5. The first-order valence-electron chi connectivity index (χ1n) is 7.24. The SMILES string of the molecule is CCC(CC)N(CC(C)C)c1nc(NC)c(Cl)cc1Cl. The van der Waals surface area contributed by atoms with Crippen LogP contribution in [0.25, 0.3) is 0 Å². The molecule has 1 rings (SSSR count). The quantitative estimate of drug-likeness (QED) is 0.760. The zero-order valence-electron chi connectivity index (χ0n) is 13.0. The standard InChI is InChI=1S/C15H25Cl2N3/c1-6-11(7-2)20(9-10(3)4)15-13(17)8-12(16)14(18-5)19-15/h8,10-11H,6-7,9H2,1-5H3,(H,18,19). The lowest BCUT2D eigenvalue weighted by molar-refractivity contribution is 0.503. The molecule has 3 nitrogen and oxygen atoms in total. The number of halogens is 2. The minimum atomic E-state index is 0.438. The highest BCUT2D eigenvalue weighted by atomic mass is 35.5. The lowest BCUT2D eigenvalue weighted by Crippen LogP contribution is -2.38. The van der Waals surface area contributed by atoms with Gasteiger partial charge in [0, 0.05) is 19.6 Å². The molecule has 0 aliphatic carbocycles. The van der Waals surface area contributed by atoms with Crippen molar-refractivity contribution in [3.63, 3.8) is 0 Å². The molecule has 0 bridgehead atoms. The predicted octanol–water partition coefficient (Wildman–Crippen LogP) is 5.08. The zero-order chi connectivity index (χ0) is 15.3. The van der Waals surface area contributed by atoms with Crippen molar-refractivity contribution in [3.8, 4) is 0 Å². The summed E-state index contributed by atoms with van der Waals surface area (Å²) >= 11 is 12.5. The summed E-state index contributed by atoms with van der Waals surface area (Å²) in [4.78, 5) is 6.92. The van der Waals surface area contributed by atoms with Crippen molar-refractivity contribution in [3.05, 3.63) is 16.1 Å². The Bertz CT molecular complexity index is 431. The van der Waals surface area contributed by atoms with Gasteiger partial charge in [0.1, 0.15) is 11.6 Å². The molecule has 0 saturated heterocycles. The van der Waals surface area contributed by atoms with Gasteiger partial charge in [0.2, 0.25) is 0 Å². The molecular weight excluding hydrogens is 293 g/mol. The summed E-state index contributed by atoms with van der Waals surface area (Å²) < 4.78 is 0. The van der Waals surface area contributed by atoms with Crippen LogP contribution in [-0.4, -0.2) is 24.6 Å². The van der Waals surface area contributed by atoms with Gasteiger partial charge in [-0.2, -0.15) is 0 Å². The van der Waals surface area contributed by atoms with E-state index >= 15 is 0 Å². The number of nitrogens with one attached hydrogen (secondary N) is 1. The first-order valence-corrected chi connectivity index (χ1v) is 8.00. The Labute approximate surface area is 132 Å². The van der Waals surface area contributed by atoms with E-state index in [1.165, 1.54) is 0 Å². The first kappa shape index (κ1) is 17.4. The normalized spacial score (nSPS) is 11.2. The van der Waals surface area contributed by atoms with Crippen LogP contribution >= 0.6 is 23.2 Å². The number of anilines is 2. The Morgan fingerprint density at radius 2 is 1.80 bits per heavy atom. The van der Waals surface area contributed by atoms with E-state index in [-0.39, 0.29) is 0 Å². The molecule has 0 fully saturated rings. The molecule has 0 amide bonds. The number of pyridine rings is 1. The molecule has 20 heavy (non-hydrogen) atoms. The summed E-state index contributed by atoms with van der Waals surface area (Å²) in [6.07, 6.45) is 2.14. The van der Waals surface area contributed by atoms with Crippen LogP contribution in [0.1, 0.15) is 40.5 Å². The Hall–Kier alpha value is -0.670. The van der Waals surface area contributed by atoms with Gasteiger partial charge in [0.25, 0.3) is 0 Å². The molecular formula is C15H25Cl2N3. The molecule has 1 aromatic rings. The molecule has 0 saturated carbocycles. The van der Waals surface area contributed by atoms with Gasteiger partial charge < -0.3 is 10.2 Å². The lowest BCUT2D eigenvalue weighted by Gasteiger charge is -2.34. The molecule has 0 aliphatic rings. The van der Waals surface area contributed by atoms with Crippen LogP contribution in [0.4, 0.5) is 11.6 Å². The van der Waals surface area contributed by atoms with E-state index in [1.807, 2.05) is 7.05 Å². The number of hydrogen-bond acceptors (Lipinski definition) is 3. The molecule has 0 atom stereocenters. The van der Waals surface area contributed by atoms with Crippen LogP contribution < -0.4 is 10.2 Å². The van der Waals surface area contributed by atoms with E-state index in [1.54, 1.807) is 6.07 Å². The predicted molar refractivity (Wildman–Crippen MR) is 90.4 cm³/mol. The van der Waals surface area contributed by atoms with Gasteiger partial charge in [-0.25, -0.2) is 4.98 Å². The van der Waals surface area contributed by atoms with Gasteiger partial charge in [0.15, 0.2) is 0 Å². The minimum Gasteiger partial charge on any atom is -0.372 e. The van der Waals surface area contributed by atoms with Crippen molar-refractivity contribution < 1.29 is 0 Å². The van der Waals surface area contributed by atoms with Gasteiger partial charge >= 0.3 is 0 Å². The average Bonchev–Trinajstić information content (AvgIpc) is 2.39. The van der Waals surface area contributed by atoms with E-state index < -0.39 is 0 Å². The molecule has 0 spiro atoms. The van der Waals surface area contributed by atoms with Gasteiger partial charge in [-0.05, 0) is 24.8 Å². The van der Waals surface area contributed by atoms with Crippen molar-refractivity contribution in [2.75, 3.05) is 23.8 Å². The van der Waals surface area contributed by atoms with Crippen molar-refractivity contribution in [2.24, 2.45) is 5.92 Å². The lowest BCUT2D eigenvalue weighted by atomic mass is 10.1. The number of rotatable bonds is 7. The van der Waals surface area contributed by atoms with Crippen molar-refractivity contribution in [1.29, 1.82) is 0 Å². The average molecular weight is 318 g/mol. The van der Waals surface area contributed by atoms with Crippen molar-refractivity contribution in [2.45, 2.75) is 46.6 Å². The Morgan fingerprint density at radius 3 is 2.25 bits per heavy atom. The second-order valence-electron chi connectivity index (χ2n) is 5.39. The highest BCUT2D eigenvalue weighted by molar-refractivity contribution is 6.37. The van der Waals surface area contributed by atoms with E-state index in [4.69, 9.17) is 23.2 Å². The number of aromatic nitrogens is 1. The smallest absolute Gasteiger partial charge is 0.150 e. The van der Waals surface area contributed by atoms with E-state index in [2.05, 4.69) is 42.9 Å². The van der Waals surface area contributed by atoms with E-state index in [9.17, 15) is 0 Å². The summed E-state index contributed by atoms with van der Waals surface area (Å²) in [6, 6.07) is 2.21. The third-order valence-electron chi connectivity index (χ3n) is 3.36. The summed E-state index contributed by atoms with van der Waals surface area (Å²) in [5, 5.41) is 4.18. The summed E-state index contributed by atoms with van der Waals surface area (Å²) in [5.41, 5.74) is 0. The fourth-order valence-electron chi connectivity index (χ4n) is 2.36. The fraction of sp³-hybridized carbons (Fsp3) is 0.667. The Balaban J connectivity index is 3.25. The third-order valence-corrected chi connectivity index (χ3v) is 3.93. The van der Waals surface area contributed by atoms with E-state index in [0.29, 0.717) is 27.8 Å². The van der Waals surface area contributed by atoms with Crippen LogP contribution in [0.5, 0.6) is 0 Å². The maximum absolute atomic E-state index is 6.38. The highest BCUT2D eigenvalue weighted by Crippen LogP contribution is 2.33. The monoisotopic (exact) mass is 317 g/mol. The molecule has 0 aliphatic heterocycles. The topological polar surface area (TPSA) is 28.2 Å². The third kappa shape index (κ3) is 4.16. The molecule has 114 valence electrons. The first-order chi connectivity index (χ1) is 9.44. The van der Waals surface area contributed by atoms with Gasteiger partial charge in [-0.3, -0.25) is 0 Å². The summed E-state index contributed by atoms with van der Waals surface area (Å²) in [5.74, 6) is 2.04. The molecule has 5 heteroatoms.